The number of nitrogens with two attached hydrogens (primary N) is 2. The first-order valence-electron chi connectivity index (χ1n) is 34.5. The number of thioether (sulfide) groups is 1. The van der Waals surface area contributed by atoms with E-state index in [-0.39, 0.29) is 128 Å². The van der Waals surface area contributed by atoms with Crippen LogP contribution in [0.5, 0.6) is 0 Å². The Hall–Kier alpha value is -10.6. The number of benzene rings is 2. The average Bonchev–Trinajstić information content (AvgIpc) is 1.62. The minimum Gasteiger partial charge on any atom is -0.480 e. The van der Waals surface area contributed by atoms with Crippen LogP contribution in [0.15, 0.2) is 67.3 Å². The Bertz CT molecular complexity index is 3670. The molecular weight excluding hydrogens is 1400 g/mol. The molecule has 0 bridgehead atoms. The number of anilines is 1. The molecule has 0 aliphatic carbocycles. The van der Waals surface area contributed by atoms with E-state index in [4.69, 9.17) is 11.5 Å². The van der Waals surface area contributed by atoms with E-state index in [1.165, 1.54) is 55.5 Å². The molecule has 580 valence electrons. The van der Waals surface area contributed by atoms with Gasteiger partial charge in [-0.25, -0.2) is 4.98 Å². The largest absolute Gasteiger partial charge is 0.480 e. The molecule has 2 aromatic carbocycles. The highest BCUT2D eigenvalue weighted by Crippen LogP contribution is 2.20. The smallest absolute Gasteiger partial charge is 0.317 e. The van der Waals surface area contributed by atoms with Gasteiger partial charge in [0.15, 0.2) is 0 Å². The number of carboxylic acid groups (broad SMARTS) is 3. The summed E-state index contributed by atoms with van der Waals surface area (Å²) in [6.07, 6.45) is 5.53. The fourth-order valence-corrected chi connectivity index (χ4v) is 11.7. The number of para-hydroxylation sites is 1. The number of H-pyrrole nitrogens is 2. The van der Waals surface area contributed by atoms with Crippen molar-refractivity contribution in [2.75, 3.05) is 109 Å². The lowest BCUT2D eigenvalue weighted by Crippen LogP contribution is -2.59. The van der Waals surface area contributed by atoms with Crippen LogP contribution in [0, 0.1) is 11.8 Å². The van der Waals surface area contributed by atoms with E-state index in [2.05, 4.69) is 68.1 Å². The van der Waals surface area contributed by atoms with Gasteiger partial charge in [0.25, 0.3) is 5.91 Å². The van der Waals surface area contributed by atoms with Crippen molar-refractivity contribution in [2.45, 2.75) is 115 Å². The van der Waals surface area contributed by atoms with Crippen LogP contribution in [0.2, 0.25) is 0 Å². The average molecular weight is 1500 g/mol. The summed E-state index contributed by atoms with van der Waals surface area (Å²) in [6.45, 7) is 6.81. The van der Waals surface area contributed by atoms with E-state index in [0.29, 0.717) is 27.9 Å². The first-order chi connectivity index (χ1) is 50.3. The second-order valence-corrected chi connectivity index (χ2v) is 27.3. The third kappa shape index (κ3) is 30.6. The molecule has 37 nitrogen and oxygen atoms in total. The van der Waals surface area contributed by atoms with Gasteiger partial charge in [0.2, 0.25) is 65.0 Å². The van der Waals surface area contributed by atoms with Crippen molar-refractivity contribution in [3.63, 3.8) is 0 Å². The van der Waals surface area contributed by atoms with Crippen molar-refractivity contribution in [3.8, 4) is 0 Å². The van der Waals surface area contributed by atoms with Crippen LogP contribution in [0.1, 0.15) is 81.9 Å². The predicted molar refractivity (Wildman–Crippen MR) is 387 cm³/mol. The normalized spacial score (nSPS) is 15.4. The maximum absolute atomic E-state index is 14.5. The molecular formula is C68H99N19O18S. The van der Waals surface area contributed by atoms with E-state index >= 15 is 0 Å². The molecule has 106 heavy (non-hydrogen) atoms. The number of aromatic amines is 2. The Labute approximate surface area is 616 Å². The highest BCUT2D eigenvalue weighted by atomic mass is 32.2. The fraction of sp³-hybridized carbons (Fsp3) is 0.529. The molecule has 19 N–H and O–H groups in total. The van der Waals surface area contributed by atoms with E-state index in [1.807, 2.05) is 20.1 Å². The number of rotatable bonds is 41. The first-order valence-corrected chi connectivity index (χ1v) is 35.9. The molecule has 12 amide bonds. The maximum atomic E-state index is 14.5. The summed E-state index contributed by atoms with van der Waals surface area (Å²) in [4.78, 5) is 214. The van der Waals surface area contributed by atoms with Gasteiger partial charge in [-0.05, 0) is 79.9 Å². The molecule has 38 heteroatoms. The molecule has 1 fully saturated rings. The Balaban J connectivity index is 1.24. The summed E-state index contributed by atoms with van der Waals surface area (Å²) in [5, 5.41) is 55.2. The van der Waals surface area contributed by atoms with Gasteiger partial charge in [-0.2, -0.15) is 11.8 Å². The minimum atomic E-state index is -1.54. The van der Waals surface area contributed by atoms with Gasteiger partial charge in [0.05, 0.1) is 45.6 Å². The van der Waals surface area contributed by atoms with Crippen LogP contribution in [-0.2, 0) is 80.0 Å². The predicted octanol–water partition coefficient (Wildman–Crippen LogP) is -3.74. The molecule has 1 aliphatic rings. The number of primary amides is 2. The standard InChI is InChI=1S/C68H99N19O18S/c1-39(2)26-50(66(103)79-48(61(70)98)16-25-106-6)81-67(104)52(29-45-31-71-38-75-45)78-55(90)33-74-68(105)60(40(3)4)83-62(99)41(5)76-65(102)51(28-43-30-72-47-13-8-7-12-46(43)47)82-64(101)49(14-15-53(69)88)80-63(100)42-10-9-11-44(27-42)77-54(89)32-73-56(91)34-84-17-19-85(35-57(92)93)21-23-87(37-59(96)97)24-22-86(20-18-84)36-58(94)95/h7-13,27,30-31,38-41,48-52,60,72H,14-26,28-29,32-37H2,1-6H3,(H2,69,88)(H2,70,98)(H,71,75)(H,73,91)(H,74,105)(H,76,102)(H,77,89)(H,78,90)(H,79,103)(H,80,100)(H,81,104)(H,82,101)(H,83,99)(H,92,93)(H,94,95)(H,96,97)/t41-,48-,49-,50-,51-,52-,60-/m0/s1. The molecule has 0 unspecified atom stereocenters. The monoisotopic (exact) mass is 1500 g/mol. The number of amides is 12. The van der Waals surface area contributed by atoms with Crippen LogP contribution in [-0.4, -0.2) is 285 Å². The topological polar surface area (TPSA) is 547 Å². The SMILES string of the molecule is CSCC[C@H](NC(=O)[C@H](CC(C)C)NC(=O)[C@H](Cc1cnc[nH]1)NC(=O)CNC(=O)[C@@H](NC(=O)[C@H](C)NC(=O)[C@H](Cc1c[nH]c2ccccc12)NC(=O)[C@H](CCC(N)=O)NC(=O)c1cccc(NC(=O)CNC(=O)CN2CCN(CC(=O)O)CCN(CC(=O)O)CCN(CC(=O)O)CC2)c1)C(C)C)C(N)=O. The van der Waals surface area contributed by atoms with Crippen LogP contribution >= 0.6 is 11.8 Å². The van der Waals surface area contributed by atoms with Crippen LogP contribution in [0.4, 0.5) is 5.69 Å². The summed E-state index contributed by atoms with van der Waals surface area (Å²) < 4.78 is 0. The molecule has 0 spiro atoms. The van der Waals surface area contributed by atoms with E-state index < -0.39 is 157 Å². The van der Waals surface area contributed by atoms with Crippen LogP contribution in [0.3, 0.4) is 0 Å². The number of carbonyl (C=O) groups is 15. The van der Waals surface area contributed by atoms with Crippen molar-refractivity contribution < 1.29 is 87.2 Å². The Morgan fingerprint density at radius 2 is 1.09 bits per heavy atom. The van der Waals surface area contributed by atoms with Gasteiger partial charge in [0.1, 0.15) is 42.3 Å². The number of carboxylic acids is 3. The van der Waals surface area contributed by atoms with Crippen LogP contribution in [0.25, 0.3) is 10.9 Å². The van der Waals surface area contributed by atoms with Gasteiger partial charge in [0, 0.05) is 112 Å². The van der Waals surface area contributed by atoms with Crippen molar-refractivity contribution in [2.24, 2.45) is 23.3 Å². The molecule has 3 heterocycles. The zero-order valence-corrected chi connectivity index (χ0v) is 61.0. The summed E-state index contributed by atoms with van der Waals surface area (Å²) in [5.41, 5.74) is 12.7. The summed E-state index contributed by atoms with van der Waals surface area (Å²) >= 11 is 1.45. The summed E-state index contributed by atoms with van der Waals surface area (Å²) in [7, 11) is 0. The first kappa shape index (κ1) is 86.1. The number of hydrogen-bond donors (Lipinski definition) is 17. The van der Waals surface area contributed by atoms with Crippen LogP contribution < -0.4 is 64.6 Å². The zero-order chi connectivity index (χ0) is 78.2. The number of aromatic nitrogens is 3. The highest BCUT2D eigenvalue weighted by Gasteiger charge is 2.35. The van der Waals surface area contributed by atoms with Gasteiger partial charge in [-0.3, -0.25) is 91.5 Å². The fourth-order valence-electron chi connectivity index (χ4n) is 11.3. The number of nitrogens with zero attached hydrogens (tertiary/aromatic N) is 5. The number of imidazole rings is 1. The maximum Gasteiger partial charge on any atom is 0.317 e. The zero-order valence-electron chi connectivity index (χ0n) is 60.2. The lowest BCUT2D eigenvalue weighted by molar-refractivity contribution is -0.140. The number of aliphatic carboxylic acids is 3. The van der Waals surface area contributed by atoms with Gasteiger partial charge >= 0.3 is 17.9 Å². The molecule has 1 saturated heterocycles. The summed E-state index contributed by atoms with van der Waals surface area (Å²) in [5.74, 6) is -13.2. The van der Waals surface area contributed by atoms with Crippen molar-refractivity contribution in [1.82, 2.24) is 82.4 Å². The second-order valence-electron chi connectivity index (χ2n) is 26.4. The molecule has 1 aliphatic heterocycles. The van der Waals surface area contributed by atoms with E-state index in [1.54, 1.807) is 63.9 Å². The Morgan fingerprint density at radius 3 is 1.65 bits per heavy atom. The molecule has 2 aromatic heterocycles. The lowest BCUT2D eigenvalue weighted by Gasteiger charge is -2.32. The highest BCUT2D eigenvalue weighted by molar-refractivity contribution is 7.98. The lowest BCUT2D eigenvalue weighted by atomic mass is 10.0. The molecule has 0 radical (unpaired) electrons. The van der Waals surface area contributed by atoms with Crippen molar-refractivity contribution >= 4 is 117 Å². The van der Waals surface area contributed by atoms with Crippen molar-refractivity contribution in [3.05, 3.63) is 84.1 Å². The molecule has 0 saturated carbocycles. The third-order valence-corrected chi connectivity index (χ3v) is 17.6. The van der Waals surface area contributed by atoms with E-state index in [0.717, 1.165) is 0 Å². The molecule has 7 atom stereocenters. The van der Waals surface area contributed by atoms with E-state index in [9.17, 15) is 87.2 Å². The van der Waals surface area contributed by atoms with Gasteiger partial charge in [-0.1, -0.05) is 52.0 Å². The number of carbonyl (C=O) groups excluding carboxylic acids is 12. The minimum absolute atomic E-state index is 0.0791. The van der Waals surface area contributed by atoms with Gasteiger partial charge < -0.3 is 89.9 Å². The second kappa shape index (κ2) is 43.6. The van der Waals surface area contributed by atoms with Crippen molar-refractivity contribution in [1.29, 1.82) is 0 Å². The Kier molecular flexibility index (Phi) is 35.4. The molecule has 4 aromatic rings. The van der Waals surface area contributed by atoms with Gasteiger partial charge in [-0.15, -0.1) is 0 Å². The Morgan fingerprint density at radius 1 is 0.547 bits per heavy atom. The number of hydrogen-bond acceptors (Lipinski definition) is 21. The number of fused-ring (bicyclic) bond motifs is 1. The summed E-state index contributed by atoms with van der Waals surface area (Å²) in [6, 6.07) is 3.35. The number of nitrogens with one attached hydrogen (secondary N) is 12. The quantitative estimate of drug-likeness (QED) is 0.0203. The third-order valence-electron chi connectivity index (χ3n) is 16.9. The molecule has 5 rings (SSSR count).